The zero-order chi connectivity index (χ0) is 19.0. The van der Waals surface area contributed by atoms with Gasteiger partial charge in [-0.1, -0.05) is 23.7 Å². The van der Waals surface area contributed by atoms with E-state index in [2.05, 4.69) is 22.5 Å². The zero-order valence-electron chi connectivity index (χ0n) is 15.2. The summed E-state index contributed by atoms with van der Waals surface area (Å²) in [5.74, 6) is 0.334. The van der Waals surface area contributed by atoms with Gasteiger partial charge >= 0.3 is 0 Å². The highest BCUT2D eigenvalue weighted by Gasteiger charge is 2.25. The molecule has 6 heteroatoms. The first-order chi connectivity index (χ1) is 13.0. The topological polar surface area (TPSA) is 56.1 Å². The van der Waals surface area contributed by atoms with Gasteiger partial charge in [0.2, 0.25) is 0 Å². The van der Waals surface area contributed by atoms with Crippen LogP contribution in [0.25, 0.3) is 5.69 Å². The number of carbonyl (C=O) groups excluding carboxylic acids is 1. The van der Waals surface area contributed by atoms with Gasteiger partial charge in [0.1, 0.15) is 6.61 Å². The summed E-state index contributed by atoms with van der Waals surface area (Å²) in [7, 11) is 0. The van der Waals surface area contributed by atoms with Gasteiger partial charge in [-0.15, -0.1) is 0 Å². The maximum absolute atomic E-state index is 12.5. The first-order valence-corrected chi connectivity index (χ1v) is 9.25. The van der Waals surface area contributed by atoms with Crippen molar-refractivity contribution in [3.05, 3.63) is 76.1 Å². The van der Waals surface area contributed by atoms with Crippen LogP contribution in [0.5, 0.6) is 5.75 Å². The lowest BCUT2D eigenvalue weighted by Gasteiger charge is -2.15. The van der Waals surface area contributed by atoms with E-state index in [0.29, 0.717) is 29.4 Å². The predicted octanol–water partition coefficient (Wildman–Crippen LogP) is 3.94. The number of hydrogen-bond donors (Lipinski definition) is 1. The summed E-state index contributed by atoms with van der Waals surface area (Å²) < 4.78 is 7.60. The molecular formula is C21H20ClN3O2. The van der Waals surface area contributed by atoms with Crippen molar-refractivity contribution in [2.45, 2.75) is 26.3 Å². The molecule has 138 valence electrons. The third-order valence-corrected chi connectivity index (χ3v) is 5.23. The molecule has 27 heavy (non-hydrogen) atoms. The molecule has 0 aliphatic carbocycles. The summed E-state index contributed by atoms with van der Waals surface area (Å²) >= 11 is 6.54. The Balaban J connectivity index is 1.65. The summed E-state index contributed by atoms with van der Waals surface area (Å²) in [6.07, 6.45) is 4.34. The highest BCUT2D eigenvalue weighted by atomic mass is 35.5. The number of halogens is 1. The van der Waals surface area contributed by atoms with E-state index in [-0.39, 0.29) is 11.9 Å². The lowest BCUT2D eigenvalue weighted by molar-refractivity contribution is 0.0942. The summed E-state index contributed by atoms with van der Waals surface area (Å²) in [5.41, 5.74) is 4.58. The molecule has 0 fully saturated rings. The Morgan fingerprint density at radius 3 is 2.81 bits per heavy atom. The molecule has 0 spiro atoms. The standard InChI is InChI=1S/C21H20ClN3O2/c1-13-12-27-20-18(21(26)24-13)11-16(14(2)19(20)22)10-15-4-6-17(7-5-15)25-9-3-8-23-25/h3-9,11,13H,10,12H2,1-2H3,(H,24,26)/t13-/m1/s1. The molecule has 0 radical (unpaired) electrons. The Bertz CT molecular complexity index is 982. The maximum Gasteiger partial charge on any atom is 0.255 e. The van der Waals surface area contributed by atoms with Gasteiger partial charge in [-0.05, 0) is 61.2 Å². The van der Waals surface area contributed by atoms with E-state index in [0.717, 1.165) is 22.4 Å². The molecule has 2 heterocycles. The molecule has 1 aliphatic rings. The van der Waals surface area contributed by atoms with Crippen LogP contribution in [0, 0.1) is 6.92 Å². The minimum absolute atomic E-state index is 0.0560. The first kappa shape index (κ1) is 17.6. The number of rotatable bonds is 3. The Morgan fingerprint density at radius 1 is 1.33 bits per heavy atom. The summed E-state index contributed by atoms with van der Waals surface area (Å²) in [6, 6.07) is 11.9. The van der Waals surface area contributed by atoms with Crippen molar-refractivity contribution in [2.24, 2.45) is 0 Å². The van der Waals surface area contributed by atoms with Crippen molar-refractivity contribution in [3.63, 3.8) is 0 Å². The lowest BCUT2D eigenvalue weighted by atomic mass is 9.97. The van der Waals surface area contributed by atoms with Crippen molar-refractivity contribution in [2.75, 3.05) is 6.61 Å². The molecule has 1 atom stereocenters. The van der Waals surface area contributed by atoms with Gasteiger partial charge in [0.15, 0.2) is 5.75 Å². The third-order valence-electron chi connectivity index (χ3n) is 4.77. The molecule has 1 aliphatic heterocycles. The van der Waals surface area contributed by atoms with Gasteiger partial charge in [0.05, 0.1) is 22.3 Å². The second kappa shape index (κ2) is 7.08. The van der Waals surface area contributed by atoms with Gasteiger partial charge in [-0.2, -0.15) is 5.10 Å². The predicted molar refractivity (Wildman–Crippen MR) is 105 cm³/mol. The maximum atomic E-state index is 12.5. The van der Waals surface area contributed by atoms with E-state index >= 15 is 0 Å². The van der Waals surface area contributed by atoms with Crippen LogP contribution in [0.3, 0.4) is 0 Å². The van der Waals surface area contributed by atoms with Crippen LogP contribution in [-0.4, -0.2) is 28.3 Å². The highest BCUT2D eigenvalue weighted by molar-refractivity contribution is 6.33. The molecule has 0 saturated carbocycles. The van der Waals surface area contributed by atoms with E-state index in [1.54, 1.807) is 6.20 Å². The molecule has 0 bridgehead atoms. The van der Waals surface area contributed by atoms with E-state index in [4.69, 9.17) is 16.3 Å². The number of fused-ring (bicyclic) bond motifs is 1. The van der Waals surface area contributed by atoms with Crippen LogP contribution in [-0.2, 0) is 6.42 Å². The second-order valence-corrected chi connectivity index (χ2v) is 7.21. The average Bonchev–Trinajstić information content (AvgIpc) is 3.15. The number of nitrogens with zero attached hydrogens (tertiary/aromatic N) is 2. The summed E-state index contributed by atoms with van der Waals surface area (Å²) in [5, 5.41) is 7.68. The van der Waals surface area contributed by atoms with Gasteiger partial charge in [-0.25, -0.2) is 4.68 Å². The van der Waals surface area contributed by atoms with Crippen molar-refractivity contribution < 1.29 is 9.53 Å². The number of nitrogens with one attached hydrogen (secondary N) is 1. The SMILES string of the molecule is Cc1c(Cc2ccc(-n3cccn3)cc2)cc2c(c1Cl)OC[C@@H](C)NC2=O. The Morgan fingerprint density at radius 2 is 2.11 bits per heavy atom. The lowest BCUT2D eigenvalue weighted by Crippen LogP contribution is -2.33. The molecule has 0 saturated heterocycles. The number of amides is 1. The van der Waals surface area contributed by atoms with Crippen molar-refractivity contribution >= 4 is 17.5 Å². The Hall–Kier alpha value is -2.79. The zero-order valence-corrected chi connectivity index (χ0v) is 16.0. The molecule has 5 nitrogen and oxygen atoms in total. The summed E-state index contributed by atoms with van der Waals surface area (Å²) in [4.78, 5) is 12.5. The highest BCUT2D eigenvalue weighted by Crippen LogP contribution is 2.36. The minimum atomic E-state index is -0.146. The van der Waals surface area contributed by atoms with Crippen molar-refractivity contribution in [1.29, 1.82) is 0 Å². The molecule has 1 aromatic heterocycles. The van der Waals surface area contributed by atoms with Gasteiger partial charge in [-0.3, -0.25) is 4.79 Å². The number of aromatic nitrogens is 2. The van der Waals surface area contributed by atoms with Crippen molar-refractivity contribution in [3.8, 4) is 11.4 Å². The smallest absolute Gasteiger partial charge is 0.255 e. The Labute approximate surface area is 162 Å². The molecule has 1 amide bonds. The molecule has 2 aromatic carbocycles. The molecule has 4 rings (SSSR count). The molecule has 3 aromatic rings. The third kappa shape index (κ3) is 3.43. The van der Waals surface area contributed by atoms with Crippen LogP contribution < -0.4 is 10.1 Å². The van der Waals surface area contributed by atoms with E-state index in [1.807, 2.05) is 49.0 Å². The van der Waals surface area contributed by atoms with E-state index in [9.17, 15) is 4.79 Å². The van der Waals surface area contributed by atoms with Crippen LogP contribution in [0.1, 0.15) is 34.0 Å². The van der Waals surface area contributed by atoms with Gasteiger partial charge < -0.3 is 10.1 Å². The average molecular weight is 382 g/mol. The fourth-order valence-electron chi connectivity index (χ4n) is 3.23. The number of benzene rings is 2. The summed E-state index contributed by atoms with van der Waals surface area (Å²) in [6.45, 7) is 4.28. The molecule has 1 N–H and O–H groups in total. The number of hydrogen-bond acceptors (Lipinski definition) is 3. The molecule has 0 unspecified atom stereocenters. The largest absolute Gasteiger partial charge is 0.489 e. The van der Waals surface area contributed by atoms with E-state index < -0.39 is 0 Å². The fraction of sp³-hybridized carbons (Fsp3) is 0.238. The van der Waals surface area contributed by atoms with E-state index in [1.165, 1.54) is 0 Å². The normalized spacial score (nSPS) is 16.3. The van der Waals surface area contributed by atoms with Crippen LogP contribution in [0.4, 0.5) is 0 Å². The number of ether oxygens (including phenoxy) is 1. The number of carbonyl (C=O) groups is 1. The first-order valence-electron chi connectivity index (χ1n) is 8.87. The van der Waals surface area contributed by atoms with Gasteiger partial charge in [0.25, 0.3) is 5.91 Å². The van der Waals surface area contributed by atoms with Crippen LogP contribution >= 0.6 is 11.6 Å². The van der Waals surface area contributed by atoms with Gasteiger partial charge in [0, 0.05) is 12.4 Å². The monoisotopic (exact) mass is 381 g/mol. The quantitative estimate of drug-likeness (QED) is 0.747. The Kier molecular flexibility index (Phi) is 4.62. The van der Waals surface area contributed by atoms with Crippen LogP contribution in [0.2, 0.25) is 5.02 Å². The minimum Gasteiger partial charge on any atom is -0.489 e. The second-order valence-electron chi connectivity index (χ2n) is 6.83. The van der Waals surface area contributed by atoms with Crippen molar-refractivity contribution in [1.82, 2.24) is 15.1 Å². The van der Waals surface area contributed by atoms with Crippen LogP contribution in [0.15, 0.2) is 48.8 Å². The fourth-order valence-corrected chi connectivity index (χ4v) is 3.51. The molecular weight excluding hydrogens is 362 g/mol.